The molecule has 1 saturated heterocycles. The maximum Gasteiger partial charge on any atom is 0.328 e. The lowest BCUT2D eigenvalue weighted by atomic mass is 10.1. The van der Waals surface area contributed by atoms with Gasteiger partial charge < -0.3 is 42.3 Å². The van der Waals surface area contributed by atoms with Crippen molar-refractivity contribution in [2.75, 3.05) is 6.54 Å². The summed E-state index contributed by atoms with van der Waals surface area (Å²) in [6, 6.07) is -5.71. The molecule has 0 aromatic heterocycles. The van der Waals surface area contributed by atoms with Crippen LogP contribution in [0.5, 0.6) is 0 Å². The average molecular weight is 445 g/mol. The Labute approximate surface area is 176 Å². The van der Waals surface area contributed by atoms with Crippen LogP contribution in [0.3, 0.4) is 0 Å². The van der Waals surface area contributed by atoms with E-state index >= 15 is 0 Å². The molecule has 0 saturated carbocycles. The van der Waals surface area contributed by atoms with Gasteiger partial charge in [-0.05, 0) is 19.8 Å². The van der Waals surface area contributed by atoms with Gasteiger partial charge in [-0.3, -0.25) is 24.0 Å². The molecule has 1 aliphatic heterocycles. The maximum absolute atomic E-state index is 12.7. The fourth-order valence-electron chi connectivity index (χ4n) is 3.11. The molecule has 1 aliphatic rings. The van der Waals surface area contributed by atoms with Crippen LogP contribution < -0.4 is 22.1 Å². The van der Waals surface area contributed by atoms with Gasteiger partial charge in [-0.1, -0.05) is 0 Å². The number of carboxylic acids is 2. The predicted octanol–water partition coefficient (Wildman–Crippen LogP) is -3.91. The zero-order valence-corrected chi connectivity index (χ0v) is 16.8. The topological polar surface area (TPSA) is 242 Å². The van der Waals surface area contributed by atoms with Crippen LogP contribution in [0.4, 0.5) is 0 Å². The van der Waals surface area contributed by atoms with E-state index in [1.54, 1.807) is 0 Å². The van der Waals surface area contributed by atoms with Gasteiger partial charge in [0.1, 0.15) is 12.1 Å². The minimum Gasteiger partial charge on any atom is -0.481 e. The number of hydrogen-bond donors (Lipinski definition) is 7. The van der Waals surface area contributed by atoms with Crippen molar-refractivity contribution in [1.29, 1.82) is 0 Å². The first-order chi connectivity index (χ1) is 14.3. The Morgan fingerprint density at radius 3 is 2.19 bits per heavy atom. The largest absolute Gasteiger partial charge is 0.481 e. The smallest absolute Gasteiger partial charge is 0.328 e. The van der Waals surface area contributed by atoms with Crippen molar-refractivity contribution < 1.29 is 44.1 Å². The van der Waals surface area contributed by atoms with Crippen LogP contribution in [0.2, 0.25) is 0 Å². The minimum absolute atomic E-state index is 0.155. The molecule has 0 bridgehead atoms. The molecule has 1 fully saturated rings. The van der Waals surface area contributed by atoms with E-state index in [4.69, 9.17) is 21.7 Å². The Hall–Kier alpha value is -3.26. The quantitative estimate of drug-likeness (QED) is 0.163. The Morgan fingerprint density at radius 1 is 1.10 bits per heavy atom. The monoisotopic (exact) mass is 445 g/mol. The van der Waals surface area contributed by atoms with Crippen molar-refractivity contribution >= 4 is 35.6 Å². The second kappa shape index (κ2) is 11.2. The van der Waals surface area contributed by atoms with Crippen molar-refractivity contribution in [3.63, 3.8) is 0 Å². The molecule has 5 unspecified atom stereocenters. The molecule has 0 aliphatic carbocycles. The second-order valence-corrected chi connectivity index (χ2v) is 7.19. The van der Waals surface area contributed by atoms with Crippen molar-refractivity contribution in [3.8, 4) is 0 Å². The van der Waals surface area contributed by atoms with Crippen LogP contribution in [-0.2, 0) is 28.8 Å². The van der Waals surface area contributed by atoms with Gasteiger partial charge in [0.2, 0.25) is 23.6 Å². The highest BCUT2D eigenvalue weighted by molar-refractivity contribution is 5.96. The Morgan fingerprint density at radius 2 is 1.71 bits per heavy atom. The number of hydrogen-bond acceptors (Lipinski definition) is 8. The molecule has 0 radical (unpaired) electrons. The molecule has 14 heteroatoms. The average Bonchev–Trinajstić information content (AvgIpc) is 3.12. The summed E-state index contributed by atoms with van der Waals surface area (Å²) in [7, 11) is 0. The van der Waals surface area contributed by atoms with Crippen LogP contribution in [0, 0.1) is 0 Å². The molecule has 14 nitrogen and oxygen atoms in total. The lowest BCUT2D eigenvalue weighted by molar-refractivity contribution is -0.146. The lowest BCUT2D eigenvalue weighted by Crippen LogP contribution is -2.58. The first-order valence-corrected chi connectivity index (χ1v) is 9.42. The summed E-state index contributed by atoms with van der Waals surface area (Å²) in [4.78, 5) is 71.9. The van der Waals surface area contributed by atoms with Gasteiger partial charge in [0.25, 0.3) is 0 Å². The number of likely N-dealkylation sites (tertiary alicyclic amines) is 1. The summed E-state index contributed by atoms with van der Waals surface area (Å²) in [6.07, 6.45) is -2.16. The predicted molar refractivity (Wildman–Crippen MR) is 102 cm³/mol. The fraction of sp³-hybridized carbons (Fsp3) is 0.647. The molecule has 31 heavy (non-hydrogen) atoms. The van der Waals surface area contributed by atoms with Crippen LogP contribution in [0.25, 0.3) is 0 Å². The zero-order chi connectivity index (χ0) is 23.9. The van der Waals surface area contributed by atoms with Crippen LogP contribution in [0.15, 0.2) is 0 Å². The number of primary amides is 1. The first kappa shape index (κ1) is 25.8. The molecular weight excluding hydrogens is 418 g/mol. The van der Waals surface area contributed by atoms with E-state index in [1.807, 2.05) is 5.32 Å². The third-order valence-corrected chi connectivity index (χ3v) is 4.63. The number of carbonyl (C=O) groups excluding carboxylic acids is 4. The number of rotatable bonds is 11. The molecule has 5 atom stereocenters. The Kier molecular flexibility index (Phi) is 9.33. The highest BCUT2D eigenvalue weighted by Gasteiger charge is 2.38. The summed E-state index contributed by atoms with van der Waals surface area (Å²) >= 11 is 0. The third-order valence-electron chi connectivity index (χ3n) is 4.63. The van der Waals surface area contributed by atoms with E-state index in [0.29, 0.717) is 6.42 Å². The molecule has 0 aromatic rings. The van der Waals surface area contributed by atoms with Gasteiger partial charge in [0.15, 0.2) is 6.04 Å². The number of amides is 4. The van der Waals surface area contributed by atoms with Crippen molar-refractivity contribution in [3.05, 3.63) is 0 Å². The molecule has 1 rings (SSSR count). The zero-order valence-electron chi connectivity index (χ0n) is 16.8. The van der Waals surface area contributed by atoms with Crippen LogP contribution in [0.1, 0.15) is 32.6 Å². The number of nitrogens with zero attached hydrogens (tertiary/aromatic N) is 1. The number of aliphatic carboxylic acids is 2. The Bertz CT molecular complexity index is 742. The van der Waals surface area contributed by atoms with E-state index in [2.05, 4.69) is 5.32 Å². The molecular formula is C17H27N5O9. The summed E-state index contributed by atoms with van der Waals surface area (Å²) < 4.78 is 0. The minimum atomic E-state index is -1.72. The molecule has 9 N–H and O–H groups in total. The SMILES string of the molecule is CC(O)C(NC(=O)C(CC(=O)O)NC(=O)C1CCCN1C(=O)C(N)CC(N)=O)C(=O)O. The highest BCUT2D eigenvalue weighted by Crippen LogP contribution is 2.19. The normalized spacial score (nSPS) is 19.6. The van der Waals surface area contributed by atoms with E-state index in [1.165, 1.54) is 0 Å². The lowest BCUT2D eigenvalue weighted by Gasteiger charge is -2.28. The van der Waals surface area contributed by atoms with E-state index in [0.717, 1.165) is 11.8 Å². The summed E-state index contributed by atoms with van der Waals surface area (Å²) in [5.41, 5.74) is 10.7. The third kappa shape index (κ3) is 7.49. The van der Waals surface area contributed by atoms with Crippen LogP contribution >= 0.6 is 0 Å². The van der Waals surface area contributed by atoms with Gasteiger partial charge in [-0.25, -0.2) is 4.79 Å². The summed E-state index contributed by atoms with van der Waals surface area (Å²) in [5.74, 6) is -6.49. The van der Waals surface area contributed by atoms with Gasteiger partial charge in [0.05, 0.1) is 25.0 Å². The summed E-state index contributed by atoms with van der Waals surface area (Å²) in [5, 5.41) is 31.7. The molecule has 174 valence electrons. The first-order valence-electron chi connectivity index (χ1n) is 9.42. The number of carboxylic acid groups (broad SMARTS) is 2. The standard InChI is InChI=1S/C17H27N5O9/c1-7(23)13(17(30)31)21-14(27)9(6-12(25)26)20-15(28)10-3-2-4-22(10)16(29)8(18)5-11(19)24/h7-10,13,23H,2-6,18H2,1H3,(H2,19,24)(H,20,28)(H,21,27)(H,25,26)(H,30,31). The number of nitrogens with one attached hydrogen (secondary N) is 2. The van der Waals surface area contributed by atoms with Gasteiger partial charge in [0, 0.05) is 6.54 Å². The van der Waals surface area contributed by atoms with Crippen molar-refractivity contribution in [1.82, 2.24) is 15.5 Å². The molecule has 4 amide bonds. The molecule has 0 aromatic carbocycles. The van der Waals surface area contributed by atoms with E-state index in [-0.39, 0.29) is 13.0 Å². The van der Waals surface area contributed by atoms with Gasteiger partial charge >= 0.3 is 11.9 Å². The fourth-order valence-corrected chi connectivity index (χ4v) is 3.11. The number of aliphatic hydroxyl groups excluding tert-OH is 1. The van der Waals surface area contributed by atoms with Crippen LogP contribution in [-0.4, -0.2) is 92.6 Å². The number of nitrogens with two attached hydrogens (primary N) is 2. The number of aliphatic hydroxyl groups is 1. The highest BCUT2D eigenvalue weighted by atomic mass is 16.4. The number of carbonyl (C=O) groups is 6. The molecule has 1 heterocycles. The van der Waals surface area contributed by atoms with E-state index in [9.17, 15) is 33.9 Å². The Balaban J connectivity index is 2.94. The van der Waals surface area contributed by atoms with E-state index < -0.39 is 78.7 Å². The maximum atomic E-state index is 12.7. The van der Waals surface area contributed by atoms with Gasteiger partial charge in [-0.2, -0.15) is 0 Å². The van der Waals surface area contributed by atoms with Crippen molar-refractivity contribution in [2.45, 2.75) is 62.9 Å². The second-order valence-electron chi connectivity index (χ2n) is 7.19. The summed E-state index contributed by atoms with van der Waals surface area (Å²) in [6.45, 7) is 1.27. The van der Waals surface area contributed by atoms with Crippen molar-refractivity contribution in [2.24, 2.45) is 11.5 Å². The molecule has 0 spiro atoms. The van der Waals surface area contributed by atoms with Gasteiger partial charge in [-0.15, -0.1) is 0 Å².